The summed E-state index contributed by atoms with van der Waals surface area (Å²) in [5.74, 6) is -2.24. The van der Waals surface area contributed by atoms with Gasteiger partial charge in [0.05, 0.1) is 11.1 Å². The molecule has 2 aromatic rings. The molecule has 2 amide bonds. The predicted molar refractivity (Wildman–Crippen MR) is 102 cm³/mol. The third-order valence-corrected chi connectivity index (χ3v) is 4.60. The topological polar surface area (TPSA) is 80.8 Å². The summed E-state index contributed by atoms with van der Waals surface area (Å²) in [6.45, 7) is 5.25. The van der Waals surface area contributed by atoms with Crippen molar-refractivity contribution in [3.63, 3.8) is 0 Å². The fourth-order valence-corrected chi connectivity index (χ4v) is 2.94. The zero-order valence-electron chi connectivity index (χ0n) is 16.0. The number of imide groups is 1. The highest BCUT2D eigenvalue weighted by atomic mass is 16.5. The van der Waals surface area contributed by atoms with E-state index < -0.39 is 30.9 Å². The maximum atomic E-state index is 12.2. The zero-order valence-corrected chi connectivity index (χ0v) is 16.0. The number of amides is 2. The number of rotatable bonds is 5. The summed E-state index contributed by atoms with van der Waals surface area (Å²) in [5.41, 5.74) is 2.01. The van der Waals surface area contributed by atoms with Crippen LogP contribution in [0.1, 0.15) is 57.4 Å². The third kappa shape index (κ3) is 3.86. The molecule has 6 heteroatoms. The SMILES string of the molecule is CC(C)(C)c1ccc(C(=O)COC(=O)CN2C(=O)c3ccccc3C2=O)cc1. The quantitative estimate of drug-likeness (QED) is 0.453. The van der Waals surface area contributed by atoms with Crippen molar-refractivity contribution in [1.82, 2.24) is 4.90 Å². The summed E-state index contributed by atoms with van der Waals surface area (Å²) in [4.78, 5) is 49.6. The molecule has 0 aliphatic carbocycles. The highest BCUT2D eigenvalue weighted by molar-refractivity contribution is 6.22. The Labute approximate surface area is 163 Å². The van der Waals surface area contributed by atoms with E-state index in [1.54, 1.807) is 24.3 Å². The Morgan fingerprint density at radius 1 is 0.893 bits per heavy atom. The minimum Gasteiger partial charge on any atom is -0.456 e. The van der Waals surface area contributed by atoms with Crippen LogP contribution in [-0.4, -0.2) is 41.6 Å². The number of carbonyl (C=O) groups is 4. The molecule has 0 fully saturated rings. The van der Waals surface area contributed by atoms with Crippen LogP contribution in [0.15, 0.2) is 48.5 Å². The standard InChI is InChI=1S/C22H21NO5/c1-22(2,3)15-10-8-14(9-11-15)18(24)13-28-19(25)12-23-20(26)16-6-4-5-7-17(16)21(23)27/h4-11H,12-13H2,1-3H3. The highest BCUT2D eigenvalue weighted by Crippen LogP contribution is 2.23. The Balaban J connectivity index is 1.57. The largest absolute Gasteiger partial charge is 0.456 e. The molecule has 0 radical (unpaired) electrons. The molecule has 0 aromatic heterocycles. The molecule has 0 bridgehead atoms. The zero-order chi connectivity index (χ0) is 20.5. The number of ketones is 1. The Morgan fingerprint density at radius 3 is 1.93 bits per heavy atom. The summed E-state index contributed by atoms with van der Waals surface area (Å²) in [7, 11) is 0. The maximum Gasteiger partial charge on any atom is 0.326 e. The third-order valence-electron chi connectivity index (χ3n) is 4.60. The Kier molecular flexibility index (Phi) is 5.14. The van der Waals surface area contributed by atoms with Gasteiger partial charge < -0.3 is 4.74 Å². The van der Waals surface area contributed by atoms with Gasteiger partial charge in [0.2, 0.25) is 0 Å². The van der Waals surface area contributed by atoms with Crippen LogP contribution in [0, 0.1) is 0 Å². The second-order valence-electron chi connectivity index (χ2n) is 7.65. The lowest BCUT2D eigenvalue weighted by Crippen LogP contribution is -2.36. The lowest BCUT2D eigenvalue weighted by Gasteiger charge is -2.19. The van der Waals surface area contributed by atoms with Crippen molar-refractivity contribution in [2.24, 2.45) is 0 Å². The van der Waals surface area contributed by atoms with Crippen molar-refractivity contribution in [1.29, 1.82) is 0 Å². The van der Waals surface area contributed by atoms with Crippen molar-refractivity contribution in [2.45, 2.75) is 26.2 Å². The van der Waals surface area contributed by atoms with E-state index in [4.69, 9.17) is 4.74 Å². The molecular formula is C22H21NO5. The van der Waals surface area contributed by atoms with Crippen LogP contribution in [0.4, 0.5) is 0 Å². The molecule has 0 unspecified atom stereocenters. The van der Waals surface area contributed by atoms with Gasteiger partial charge in [-0.05, 0) is 23.1 Å². The first-order chi connectivity index (χ1) is 13.2. The van der Waals surface area contributed by atoms with E-state index in [1.165, 1.54) is 12.1 Å². The molecule has 0 saturated heterocycles. The molecule has 0 N–H and O–H groups in total. The molecule has 0 atom stereocenters. The molecular weight excluding hydrogens is 358 g/mol. The number of Topliss-reactive ketones (excluding diaryl/α,β-unsaturated/α-hetero) is 1. The van der Waals surface area contributed by atoms with Gasteiger partial charge in [-0.3, -0.25) is 24.1 Å². The van der Waals surface area contributed by atoms with E-state index in [1.807, 2.05) is 12.1 Å². The van der Waals surface area contributed by atoms with Crippen molar-refractivity contribution in [3.05, 3.63) is 70.8 Å². The minimum atomic E-state index is -0.811. The highest BCUT2D eigenvalue weighted by Gasteiger charge is 2.36. The number of hydrogen-bond donors (Lipinski definition) is 0. The first-order valence-corrected chi connectivity index (χ1v) is 8.93. The van der Waals surface area contributed by atoms with Crippen molar-refractivity contribution in [3.8, 4) is 0 Å². The van der Waals surface area contributed by atoms with E-state index in [9.17, 15) is 19.2 Å². The number of fused-ring (bicyclic) bond motifs is 1. The van der Waals surface area contributed by atoms with Crippen LogP contribution in [-0.2, 0) is 14.9 Å². The van der Waals surface area contributed by atoms with E-state index in [0.717, 1.165) is 10.5 Å². The van der Waals surface area contributed by atoms with Gasteiger partial charge in [-0.25, -0.2) is 0 Å². The average molecular weight is 379 g/mol. The molecule has 3 rings (SSSR count). The fraction of sp³-hybridized carbons (Fsp3) is 0.273. The van der Waals surface area contributed by atoms with Crippen LogP contribution >= 0.6 is 0 Å². The Hall–Kier alpha value is -3.28. The van der Waals surface area contributed by atoms with E-state index in [0.29, 0.717) is 5.56 Å². The summed E-state index contributed by atoms with van der Waals surface area (Å²) in [6, 6.07) is 13.5. The molecule has 0 saturated carbocycles. The van der Waals surface area contributed by atoms with Crippen LogP contribution < -0.4 is 0 Å². The fourth-order valence-electron chi connectivity index (χ4n) is 2.94. The molecule has 28 heavy (non-hydrogen) atoms. The van der Waals surface area contributed by atoms with Crippen molar-refractivity contribution >= 4 is 23.6 Å². The van der Waals surface area contributed by atoms with Gasteiger partial charge in [0, 0.05) is 5.56 Å². The van der Waals surface area contributed by atoms with Gasteiger partial charge in [-0.1, -0.05) is 57.2 Å². The second kappa shape index (κ2) is 7.38. The minimum absolute atomic E-state index is 0.0274. The smallest absolute Gasteiger partial charge is 0.326 e. The second-order valence-corrected chi connectivity index (χ2v) is 7.65. The molecule has 2 aromatic carbocycles. The van der Waals surface area contributed by atoms with Crippen molar-refractivity contribution in [2.75, 3.05) is 13.2 Å². The number of ether oxygens (including phenoxy) is 1. The Morgan fingerprint density at radius 2 is 1.43 bits per heavy atom. The number of hydrogen-bond acceptors (Lipinski definition) is 5. The number of benzene rings is 2. The monoisotopic (exact) mass is 379 g/mol. The molecule has 1 aliphatic rings. The lowest BCUT2D eigenvalue weighted by molar-refractivity contribution is -0.142. The Bertz CT molecular complexity index is 919. The average Bonchev–Trinajstić information content (AvgIpc) is 2.91. The van der Waals surface area contributed by atoms with Gasteiger partial charge in [-0.2, -0.15) is 0 Å². The molecule has 1 heterocycles. The molecule has 144 valence electrons. The summed E-state index contributed by atoms with van der Waals surface area (Å²) in [5, 5.41) is 0. The van der Waals surface area contributed by atoms with Crippen LogP contribution in [0.2, 0.25) is 0 Å². The summed E-state index contributed by atoms with van der Waals surface area (Å²) >= 11 is 0. The number of carbonyl (C=O) groups excluding carboxylic acids is 4. The number of nitrogens with zero attached hydrogens (tertiary/aromatic N) is 1. The van der Waals surface area contributed by atoms with Gasteiger partial charge in [0.25, 0.3) is 11.8 Å². The number of esters is 1. The summed E-state index contributed by atoms with van der Waals surface area (Å²) < 4.78 is 4.98. The lowest BCUT2D eigenvalue weighted by atomic mass is 9.86. The molecule has 6 nitrogen and oxygen atoms in total. The van der Waals surface area contributed by atoms with Gasteiger partial charge in [-0.15, -0.1) is 0 Å². The molecule has 1 aliphatic heterocycles. The van der Waals surface area contributed by atoms with Gasteiger partial charge in [0.1, 0.15) is 6.54 Å². The van der Waals surface area contributed by atoms with Gasteiger partial charge >= 0.3 is 5.97 Å². The molecule has 0 spiro atoms. The normalized spacial score (nSPS) is 13.5. The maximum absolute atomic E-state index is 12.2. The van der Waals surface area contributed by atoms with Crippen molar-refractivity contribution < 1.29 is 23.9 Å². The van der Waals surface area contributed by atoms with Gasteiger partial charge in [0.15, 0.2) is 12.4 Å². The first-order valence-electron chi connectivity index (χ1n) is 8.93. The van der Waals surface area contributed by atoms with Crippen LogP contribution in [0.25, 0.3) is 0 Å². The van der Waals surface area contributed by atoms with Crippen LogP contribution in [0.3, 0.4) is 0 Å². The first kappa shape index (κ1) is 19.5. The predicted octanol–water partition coefficient (Wildman–Crippen LogP) is 3.01. The van der Waals surface area contributed by atoms with Crippen LogP contribution in [0.5, 0.6) is 0 Å². The van der Waals surface area contributed by atoms with E-state index in [-0.39, 0.29) is 22.3 Å². The summed E-state index contributed by atoms with van der Waals surface area (Å²) in [6.07, 6.45) is 0. The van der Waals surface area contributed by atoms with E-state index >= 15 is 0 Å². The van der Waals surface area contributed by atoms with E-state index in [2.05, 4.69) is 20.8 Å².